The maximum atomic E-state index is 12.2. The normalized spacial score (nSPS) is 17.9. The van der Waals surface area contributed by atoms with Gasteiger partial charge in [0.05, 0.1) is 30.9 Å². The molecule has 0 radical (unpaired) electrons. The number of esters is 1. The van der Waals surface area contributed by atoms with E-state index in [1.54, 1.807) is 20.0 Å². The number of methoxy groups -OCH3 is 2. The number of hydrogen-bond acceptors (Lipinski definition) is 4. The number of halogens is 2. The van der Waals surface area contributed by atoms with Crippen LogP contribution in [0, 0.1) is 0 Å². The third kappa shape index (κ3) is 3.09. The van der Waals surface area contributed by atoms with Crippen molar-refractivity contribution in [3.05, 3.63) is 39.0 Å². The molecule has 6 nitrogen and oxygen atoms in total. The van der Waals surface area contributed by atoms with Crippen molar-refractivity contribution in [3.8, 4) is 5.75 Å². The fourth-order valence-electron chi connectivity index (χ4n) is 2.45. The second-order valence-electron chi connectivity index (χ2n) is 4.94. The zero-order chi connectivity index (χ0) is 17.3. The van der Waals surface area contributed by atoms with Gasteiger partial charge in [-0.15, -0.1) is 0 Å². The molecule has 0 aliphatic carbocycles. The summed E-state index contributed by atoms with van der Waals surface area (Å²) in [5.74, 6) is -0.224. The number of rotatable bonds is 3. The van der Waals surface area contributed by atoms with Gasteiger partial charge in [0.1, 0.15) is 5.75 Å². The van der Waals surface area contributed by atoms with Gasteiger partial charge in [0, 0.05) is 23.3 Å². The summed E-state index contributed by atoms with van der Waals surface area (Å²) in [6, 6.07) is 1.98. The van der Waals surface area contributed by atoms with Gasteiger partial charge in [0.2, 0.25) is 0 Å². The minimum atomic E-state index is -0.780. The molecule has 0 spiro atoms. The van der Waals surface area contributed by atoms with Gasteiger partial charge < -0.3 is 19.7 Å². The van der Waals surface area contributed by atoms with Crippen LogP contribution < -0.4 is 10.1 Å². The Kier molecular flexibility index (Phi) is 5.06. The lowest BCUT2D eigenvalue weighted by Crippen LogP contribution is -2.46. The molecule has 124 valence electrons. The molecule has 0 saturated carbocycles. The van der Waals surface area contributed by atoms with Gasteiger partial charge in [-0.25, -0.2) is 9.59 Å². The maximum absolute atomic E-state index is 12.2. The first kappa shape index (κ1) is 17.4. The molecule has 1 aliphatic heterocycles. The van der Waals surface area contributed by atoms with Crippen LogP contribution in [0.3, 0.4) is 0 Å². The molecule has 0 bridgehead atoms. The summed E-state index contributed by atoms with van der Waals surface area (Å²) in [5.41, 5.74) is 1.24. The van der Waals surface area contributed by atoms with Gasteiger partial charge in [0.15, 0.2) is 0 Å². The Hall–Kier alpha value is -1.92. The zero-order valence-electron chi connectivity index (χ0n) is 13.1. The SMILES string of the molecule is COC(=O)C1=C(C)N(C)C(=O)N[C@H]1c1cc(Cl)cc(Cl)c1OC. The van der Waals surface area contributed by atoms with Gasteiger partial charge in [-0.3, -0.25) is 0 Å². The van der Waals surface area contributed by atoms with E-state index in [4.69, 9.17) is 32.7 Å². The minimum Gasteiger partial charge on any atom is -0.495 e. The molecule has 8 heteroatoms. The number of allylic oxidation sites excluding steroid dienone is 1. The van der Waals surface area contributed by atoms with Crippen molar-refractivity contribution in [2.45, 2.75) is 13.0 Å². The number of ether oxygens (including phenoxy) is 2. The number of hydrogen-bond donors (Lipinski definition) is 1. The summed E-state index contributed by atoms with van der Waals surface area (Å²) in [6.07, 6.45) is 0. The molecule has 1 aromatic carbocycles. The van der Waals surface area contributed by atoms with Crippen LogP contribution in [-0.2, 0) is 9.53 Å². The second-order valence-corrected chi connectivity index (χ2v) is 5.79. The Balaban J connectivity index is 2.70. The standard InChI is InChI=1S/C15H16Cl2N2O4/c1-7-11(14(20)23-4)12(18-15(21)19(7)2)9-5-8(16)6-10(17)13(9)22-3/h5-6,12H,1-4H3,(H,18,21)/t12-/m0/s1. The summed E-state index contributed by atoms with van der Waals surface area (Å²) in [5, 5.41) is 3.38. The molecular formula is C15H16Cl2N2O4. The second kappa shape index (κ2) is 6.68. The quantitative estimate of drug-likeness (QED) is 0.842. The van der Waals surface area contributed by atoms with Crippen molar-refractivity contribution in [3.63, 3.8) is 0 Å². The zero-order valence-corrected chi connectivity index (χ0v) is 14.6. The number of benzene rings is 1. The van der Waals surface area contributed by atoms with Crippen LogP contribution in [0.5, 0.6) is 5.75 Å². The van der Waals surface area contributed by atoms with Gasteiger partial charge >= 0.3 is 12.0 Å². The molecule has 1 aliphatic rings. The highest BCUT2D eigenvalue weighted by Crippen LogP contribution is 2.40. The molecule has 2 amide bonds. The molecule has 0 unspecified atom stereocenters. The molecule has 1 atom stereocenters. The number of urea groups is 1. The molecule has 1 aromatic rings. The summed E-state index contributed by atoms with van der Waals surface area (Å²) in [7, 11) is 4.29. The van der Waals surface area contributed by atoms with E-state index in [1.807, 2.05) is 0 Å². The predicted octanol–water partition coefficient (Wildman–Crippen LogP) is 3.15. The lowest BCUT2D eigenvalue weighted by Gasteiger charge is -2.33. The van der Waals surface area contributed by atoms with E-state index in [9.17, 15) is 9.59 Å². The van der Waals surface area contributed by atoms with Gasteiger partial charge in [-0.05, 0) is 19.1 Å². The first-order valence-electron chi connectivity index (χ1n) is 6.68. The largest absolute Gasteiger partial charge is 0.495 e. The van der Waals surface area contributed by atoms with E-state index < -0.39 is 12.0 Å². The highest BCUT2D eigenvalue weighted by Gasteiger charge is 2.36. The Morgan fingerprint density at radius 3 is 2.52 bits per heavy atom. The average molecular weight is 359 g/mol. The number of carbonyl (C=O) groups is 2. The first-order valence-corrected chi connectivity index (χ1v) is 7.43. The van der Waals surface area contributed by atoms with Crippen LogP contribution in [0.15, 0.2) is 23.4 Å². The Labute approximate surface area is 143 Å². The highest BCUT2D eigenvalue weighted by molar-refractivity contribution is 6.35. The Morgan fingerprint density at radius 1 is 1.30 bits per heavy atom. The molecular weight excluding hydrogens is 343 g/mol. The fourth-order valence-corrected chi connectivity index (χ4v) is 3.04. The smallest absolute Gasteiger partial charge is 0.337 e. The summed E-state index contributed by atoms with van der Waals surface area (Å²) >= 11 is 12.2. The third-order valence-electron chi connectivity index (χ3n) is 3.71. The Morgan fingerprint density at radius 2 is 1.96 bits per heavy atom. The van der Waals surface area contributed by atoms with Crippen molar-refractivity contribution in [2.75, 3.05) is 21.3 Å². The number of amides is 2. The summed E-state index contributed by atoms with van der Waals surface area (Å²) in [6.45, 7) is 1.66. The van der Waals surface area contributed by atoms with Crippen LogP contribution in [0.4, 0.5) is 4.79 Å². The monoisotopic (exact) mass is 358 g/mol. The number of nitrogens with zero attached hydrogens (tertiary/aromatic N) is 1. The molecule has 23 heavy (non-hydrogen) atoms. The number of nitrogens with one attached hydrogen (secondary N) is 1. The van der Waals surface area contributed by atoms with Crippen LogP contribution in [0.1, 0.15) is 18.5 Å². The van der Waals surface area contributed by atoms with Gasteiger partial charge in [-0.1, -0.05) is 23.2 Å². The lowest BCUT2D eigenvalue weighted by atomic mass is 9.94. The van der Waals surface area contributed by atoms with Gasteiger partial charge in [0.25, 0.3) is 0 Å². The van der Waals surface area contributed by atoms with Crippen LogP contribution in [0.2, 0.25) is 10.0 Å². The molecule has 0 fully saturated rings. The van der Waals surface area contributed by atoms with Crippen molar-refractivity contribution in [1.82, 2.24) is 10.2 Å². The van der Waals surface area contributed by atoms with E-state index >= 15 is 0 Å². The summed E-state index contributed by atoms with van der Waals surface area (Å²) in [4.78, 5) is 25.7. The van der Waals surface area contributed by atoms with Crippen molar-refractivity contribution < 1.29 is 19.1 Å². The molecule has 0 aromatic heterocycles. The minimum absolute atomic E-state index is 0.282. The molecule has 1 N–H and O–H groups in total. The van der Waals surface area contributed by atoms with Crippen LogP contribution in [0.25, 0.3) is 0 Å². The van der Waals surface area contributed by atoms with E-state index in [0.717, 1.165) is 0 Å². The maximum Gasteiger partial charge on any atom is 0.337 e. The van der Waals surface area contributed by atoms with E-state index in [2.05, 4.69) is 5.32 Å². The lowest BCUT2D eigenvalue weighted by molar-refractivity contribution is -0.136. The van der Waals surface area contributed by atoms with E-state index in [1.165, 1.54) is 25.2 Å². The summed E-state index contributed by atoms with van der Waals surface area (Å²) < 4.78 is 10.2. The van der Waals surface area contributed by atoms with Crippen molar-refractivity contribution in [1.29, 1.82) is 0 Å². The van der Waals surface area contributed by atoms with Gasteiger partial charge in [-0.2, -0.15) is 0 Å². The highest BCUT2D eigenvalue weighted by atomic mass is 35.5. The topological polar surface area (TPSA) is 67.9 Å². The predicted molar refractivity (Wildman–Crippen MR) is 86.8 cm³/mol. The van der Waals surface area contributed by atoms with Crippen molar-refractivity contribution in [2.24, 2.45) is 0 Å². The fraction of sp³-hybridized carbons (Fsp3) is 0.333. The number of carbonyl (C=O) groups excluding carboxylic acids is 2. The average Bonchev–Trinajstić information content (AvgIpc) is 2.50. The molecule has 2 rings (SSSR count). The first-order chi connectivity index (χ1) is 10.8. The van der Waals surface area contributed by atoms with E-state index in [0.29, 0.717) is 22.0 Å². The molecule has 1 heterocycles. The van der Waals surface area contributed by atoms with E-state index in [-0.39, 0.29) is 16.6 Å². The van der Waals surface area contributed by atoms with Crippen LogP contribution >= 0.6 is 23.2 Å². The Bertz CT molecular complexity index is 703. The molecule has 0 saturated heterocycles. The van der Waals surface area contributed by atoms with Crippen molar-refractivity contribution >= 4 is 35.2 Å². The third-order valence-corrected chi connectivity index (χ3v) is 4.21. The van der Waals surface area contributed by atoms with Crippen LogP contribution in [-0.4, -0.2) is 38.2 Å².